The van der Waals surface area contributed by atoms with Crippen LogP contribution in [0.3, 0.4) is 0 Å². The summed E-state index contributed by atoms with van der Waals surface area (Å²) in [5.74, 6) is 0.0333. The third-order valence-electron chi connectivity index (χ3n) is 6.85. The molecule has 174 valence electrons. The van der Waals surface area contributed by atoms with Crippen LogP contribution in [0.5, 0.6) is 0 Å². The molecule has 34 heavy (non-hydrogen) atoms. The molecule has 0 radical (unpaired) electrons. The number of piperidine rings is 1. The smallest absolute Gasteiger partial charge is 0.253 e. The van der Waals surface area contributed by atoms with Crippen molar-refractivity contribution in [1.82, 2.24) is 15.2 Å². The van der Waals surface area contributed by atoms with E-state index < -0.39 is 5.60 Å². The van der Waals surface area contributed by atoms with Crippen LogP contribution < -0.4 is 5.32 Å². The zero-order valence-electron chi connectivity index (χ0n) is 19.2. The molecule has 1 unspecified atom stereocenters. The number of nitrogens with zero attached hydrogens (tertiary/aromatic N) is 2. The van der Waals surface area contributed by atoms with E-state index in [4.69, 9.17) is 4.74 Å². The van der Waals surface area contributed by atoms with E-state index in [1.54, 1.807) is 12.4 Å². The third kappa shape index (κ3) is 4.73. The molecule has 6 heteroatoms. The van der Waals surface area contributed by atoms with Gasteiger partial charge in [-0.25, -0.2) is 0 Å². The number of carbonyl (C=O) groups excluding carboxylic acids is 2. The average molecular weight is 456 g/mol. The minimum absolute atomic E-state index is 0.0277. The second-order valence-corrected chi connectivity index (χ2v) is 9.10. The number of amides is 2. The first-order valence-electron chi connectivity index (χ1n) is 11.9. The predicted octanol–water partition coefficient (Wildman–Crippen LogP) is 3.86. The topological polar surface area (TPSA) is 71.5 Å². The maximum atomic E-state index is 12.9. The van der Waals surface area contributed by atoms with Gasteiger partial charge in [0.2, 0.25) is 5.91 Å². The molecule has 5 rings (SSSR count). The quantitative estimate of drug-likeness (QED) is 0.634. The monoisotopic (exact) mass is 455 g/mol. The van der Waals surface area contributed by atoms with Crippen molar-refractivity contribution in [2.75, 3.05) is 13.1 Å². The second kappa shape index (κ2) is 9.77. The van der Waals surface area contributed by atoms with E-state index in [1.165, 1.54) is 11.1 Å². The van der Waals surface area contributed by atoms with Gasteiger partial charge in [0.15, 0.2) is 0 Å². The van der Waals surface area contributed by atoms with Crippen molar-refractivity contribution in [2.24, 2.45) is 0 Å². The number of rotatable bonds is 5. The first-order valence-corrected chi connectivity index (χ1v) is 11.9. The van der Waals surface area contributed by atoms with E-state index in [1.807, 2.05) is 59.5 Å². The molecule has 1 saturated heterocycles. The van der Waals surface area contributed by atoms with Crippen LogP contribution >= 0.6 is 0 Å². The van der Waals surface area contributed by atoms with Crippen LogP contribution in [0, 0.1) is 0 Å². The highest BCUT2D eigenvalue weighted by molar-refractivity contribution is 5.94. The number of benzene rings is 2. The fourth-order valence-electron chi connectivity index (χ4n) is 5.13. The fraction of sp³-hybridized carbons (Fsp3) is 0.321. The molecule has 1 aromatic heterocycles. The van der Waals surface area contributed by atoms with E-state index in [2.05, 4.69) is 22.4 Å². The molecule has 3 aromatic rings. The molecule has 3 heterocycles. The van der Waals surface area contributed by atoms with Gasteiger partial charge in [0.05, 0.1) is 18.1 Å². The number of aromatic nitrogens is 1. The Balaban J connectivity index is 1.26. The maximum absolute atomic E-state index is 12.9. The van der Waals surface area contributed by atoms with Crippen molar-refractivity contribution in [3.63, 3.8) is 0 Å². The molecule has 0 saturated carbocycles. The molecular weight excluding hydrogens is 426 g/mol. The molecule has 1 spiro atoms. The molecule has 2 aliphatic rings. The summed E-state index contributed by atoms with van der Waals surface area (Å²) in [5.41, 5.74) is 3.66. The van der Waals surface area contributed by atoms with Gasteiger partial charge < -0.3 is 15.0 Å². The summed E-state index contributed by atoms with van der Waals surface area (Å²) < 4.78 is 6.69. The van der Waals surface area contributed by atoms with Crippen LogP contribution in [0.25, 0.3) is 0 Å². The van der Waals surface area contributed by atoms with Crippen LogP contribution in [0.1, 0.15) is 46.3 Å². The lowest BCUT2D eigenvalue weighted by molar-refractivity contribution is -0.147. The van der Waals surface area contributed by atoms with Crippen molar-refractivity contribution >= 4 is 11.8 Å². The molecule has 2 amide bonds. The number of pyridine rings is 1. The Morgan fingerprint density at radius 1 is 1.00 bits per heavy atom. The van der Waals surface area contributed by atoms with Crippen LogP contribution in [-0.2, 0) is 28.1 Å². The van der Waals surface area contributed by atoms with Gasteiger partial charge in [0.1, 0.15) is 0 Å². The molecule has 1 fully saturated rings. The first kappa shape index (κ1) is 22.3. The highest BCUT2D eigenvalue weighted by atomic mass is 16.5. The second-order valence-electron chi connectivity index (χ2n) is 9.10. The van der Waals surface area contributed by atoms with Gasteiger partial charge in [-0.15, -0.1) is 0 Å². The normalized spacial score (nSPS) is 18.8. The molecule has 2 aliphatic heterocycles. The van der Waals surface area contributed by atoms with Crippen molar-refractivity contribution in [3.05, 3.63) is 101 Å². The minimum Gasteiger partial charge on any atom is -0.366 e. The molecule has 1 N–H and O–H groups in total. The molecular formula is C28H29N3O3. The summed E-state index contributed by atoms with van der Waals surface area (Å²) in [6, 6.07) is 21.6. The zero-order chi connectivity index (χ0) is 23.4. The Kier molecular flexibility index (Phi) is 6.41. The molecule has 0 aliphatic carbocycles. The summed E-state index contributed by atoms with van der Waals surface area (Å²) in [6.45, 7) is 1.71. The van der Waals surface area contributed by atoms with E-state index in [0.717, 1.165) is 18.4 Å². The van der Waals surface area contributed by atoms with Crippen LogP contribution in [0.4, 0.5) is 0 Å². The summed E-state index contributed by atoms with van der Waals surface area (Å²) in [7, 11) is 0. The summed E-state index contributed by atoms with van der Waals surface area (Å²) in [6.07, 6.45) is 5.74. The van der Waals surface area contributed by atoms with Gasteiger partial charge in [0, 0.05) is 37.6 Å². The lowest BCUT2D eigenvalue weighted by Gasteiger charge is -2.47. The third-order valence-corrected chi connectivity index (χ3v) is 6.85. The van der Waals surface area contributed by atoms with E-state index >= 15 is 0 Å². The van der Waals surface area contributed by atoms with Gasteiger partial charge in [-0.05, 0) is 54.2 Å². The van der Waals surface area contributed by atoms with Crippen molar-refractivity contribution in [2.45, 2.75) is 43.9 Å². The number of carbonyl (C=O) groups is 2. The summed E-state index contributed by atoms with van der Waals surface area (Å²) >= 11 is 0. The lowest BCUT2D eigenvalue weighted by Crippen LogP contribution is -2.50. The van der Waals surface area contributed by atoms with E-state index in [9.17, 15) is 9.59 Å². The first-order chi connectivity index (χ1) is 16.6. The van der Waals surface area contributed by atoms with Gasteiger partial charge in [0.25, 0.3) is 5.91 Å². The SMILES string of the molecule is O=C(CC1Cc2ccccc2C2(CCN(C(=O)c3ccccc3)CC2)O1)NCc1cccnc1. The highest BCUT2D eigenvalue weighted by Gasteiger charge is 2.44. The number of likely N-dealkylation sites (tertiary alicyclic amines) is 1. The van der Waals surface area contributed by atoms with Crippen molar-refractivity contribution in [3.8, 4) is 0 Å². The van der Waals surface area contributed by atoms with Crippen molar-refractivity contribution in [1.29, 1.82) is 0 Å². The Morgan fingerprint density at radius 2 is 1.76 bits per heavy atom. The van der Waals surface area contributed by atoms with E-state index in [-0.39, 0.29) is 17.9 Å². The highest BCUT2D eigenvalue weighted by Crippen LogP contribution is 2.44. The van der Waals surface area contributed by atoms with E-state index in [0.29, 0.717) is 38.0 Å². The minimum atomic E-state index is -0.462. The zero-order valence-corrected chi connectivity index (χ0v) is 19.2. The standard InChI is InChI=1S/C28H29N3O3/c32-26(30-20-21-7-6-14-29-19-21)18-24-17-23-10-4-5-11-25(23)28(34-24)12-15-31(16-13-28)27(33)22-8-2-1-3-9-22/h1-11,14,19,24H,12-13,15-18,20H2,(H,30,32). The average Bonchev–Trinajstić information content (AvgIpc) is 2.89. The molecule has 6 nitrogen and oxygen atoms in total. The Hall–Kier alpha value is -3.51. The number of hydrogen-bond acceptors (Lipinski definition) is 4. The Labute approximate surface area is 200 Å². The van der Waals surface area contributed by atoms with Gasteiger partial charge in [-0.2, -0.15) is 0 Å². The van der Waals surface area contributed by atoms with Crippen LogP contribution in [0.15, 0.2) is 79.1 Å². The largest absolute Gasteiger partial charge is 0.366 e. The number of ether oxygens (including phenoxy) is 1. The number of nitrogens with one attached hydrogen (secondary N) is 1. The molecule has 2 aromatic carbocycles. The Bertz CT molecular complexity index is 1140. The fourth-order valence-corrected chi connectivity index (χ4v) is 5.13. The summed E-state index contributed by atoms with van der Waals surface area (Å²) in [4.78, 5) is 31.7. The van der Waals surface area contributed by atoms with Gasteiger partial charge >= 0.3 is 0 Å². The summed E-state index contributed by atoms with van der Waals surface area (Å²) in [5, 5.41) is 2.99. The lowest BCUT2D eigenvalue weighted by atomic mass is 9.77. The van der Waals surface area contributed by atoms with Gasteiger partial charge in [-0.1, -0.05) is 48.5 Å². The molecule has 0 bridgehead atoms. The van der Waals surface area contributed by atoms with Crippen molar-refractivity contribution < 1.29 is 14.3 Å². The maximum Gasteiger partial charge on any atom is 0.253 e. The molecule has 1 atom stereocenters. The van der Waals surface area contributed by atoms with Gasteiger partial charge in [-0.3, -0.25) is 14.6 Å². The predicted molar refractivity (Wildman–Crippen MR) is 129 cm³/mol. The van der Waals surface area contributed by atoms with Crippen LogP contribution in [0.2, 0.25) is 0 Å². The number of fused-ring (bicyclic) bond motifs is 2. The van der Waals surface area contributed by atoms with Crippen LogP contribution in [-0.4, -0.2) is 40.9 Å². The Morgan fingerprint density at radius 3 is 2.53 bits per heavy atom. The number of hydrogen-bond donors (Lipinski definition) is 1.